The van der Waals surface area contributed by atoms with Crippen LogP contribution in [0.25, 0.3) is 17.0 Å². The smallest absolute Gasteiger partial charge is 0.192 e. The Labute approximate surface area is 130 Å². The van der Waals surface area contributed by atoms with E-state index in [1.165, 1.54) is 18.1 Å². The zero-order valence-electron chi connectivity index (χ0n) is 11.7. The molecule has 0 saturated heterocycles. The van der Waals surface area contributed by atoms with E-state index in [4.69, 9.17) is 0 Å². The van der Waals surface area contributed by atoms with Crippen molar-refractivity contribution in [2.75, 3.05) is 0 Å². The van der Waals surface area contributed by atoms with Gasteiger partial charge in [-0.15, -0.1) is 10.2 Å². The van der Waals surface area contributed by atoms with Gasteiger partial charge >= 0.3 is 0 Å². The quantitative estimate of drug-likeness (QED) is 0.577. The SMILES string of the molecule is Cn1ncnc1Sc1ccc2nnc(-c3ccccc3)n2n1. The molecule has 0 aliphatic rings. The van der Waals surface area contributed by atoms with Gasteiger partial charge in [-0.3, -0.25) is 0 Å². The monoisotopic (exact) mass is 309 g/mol. The lowest BCUT2D eigenvalue weighted by Gasteiger charge is -2.02. The van der Waals surface area contributed by atoms with Gasteiger partial charge < -0.3 is 0 Å². The Morgan fingerprint density at radius 3 is 2.64 bits per heavy atom. The second-order valence-corrected chi connectivity index (χ2v) is 5.59. The third kappa shape index (κ3) is 2.23. The van der Waals surface area contributed by atoms with Gasteiger partial charge in [0.1, 0.15) is 11.4 Å². The molecule has 0 bridgehead atoms. The maximum Gasteiger partial charge on any atom is 0.192 e. The highest BCUT2D eigenvalue weighted by atomic mass is 32.2. The van der Waals surface area contributed by atoms with Crippen LogP contribution >= 0.6 is 11.8 Å². The highest BCUT2D eigenvalue weighted by Crippen LogP contribution is 2.24. The van der Waals surface area contributed by atoms with Crippen molar-refractivity contribution in [2.45, 2.75) is 10.2 Å². The van der Waals surface area contributed by atoms with Gasteiger partial charge in [0.15, 0.2) is 16.6 Å². The van der Waals surface area contributed by atoms with E-state index < -0.39 is 0 Å². The number of nitrogens with zero attached hydrogens (tertiary/aromatic N) is 7. The average molecular weight is 309 g/mol. The first-order chi connectivity index (χ1) is 10.8. The minimum absolute atomic E-state index is 0.709. The number of fused-ring (bicyclic) bond motifs is 1. The minimum atomic E-state index is 0.709. The second-order valence-electron chi connectivity index (χ2n) is 4.60. The number of aryl methyl sites for hydroxylation is 1. The van der Waals surface area contributed by atoms with E-state index in [-0.39, 0.29) is 0 Å². The molecule has 3 aromatic heterocycles. The molecule has 1 aromatic carbocycles. The van der Waals surface area contributed by atoms with Crippen molar-refractivity contribution in [3.8, 4) is 11.4 Å². The van der Waals surface area contributed by atoms with Crippen LogP contribution in [0.3, 0.4) is 0 Å². The molecule has 0 unspecified atom stereocenters. The van der Waals surface area contributed by atoms with Crippen molar-refractivity contribution in [1.82, 2.24) is 34.6 Å². The third-order valence-corrected chi connectivity index (χ3v) is 4.12. The zero-order chi connectivity index (χ0) is 14.9. The fourth-order valence-corrected chi connectivity index (χ4v) is 2.79. The maximum atomic E-state index is 4.60. The van der Waals surface area contributed by atoms with Gasteiger partial charge in [-0.25, -0.2) is 9.67 Å². The van der Waals surface area contributed by atoms with E-state index in [0.29, 0.717) is 5.65 Å². The van der Waals surface area contributed by atoms with Gasteiger partial charge in [-0.1, -0.05) is 30.3 Å². The lowest BCUT2D eigenvalue weighted by atomic mass is 10.2. The summed E-state index contributed by atoms with van der Waals surface area (Å²) in [6.07, 6.45) is 1.52. The molecule has 0 spiro atoms. The molecule has 0 aliphatic heterocycles. The van der Waals surface area contributed by atoms with Crippen LogP contribution in [0.15, 0.2) is 59.0 Å². The third-order valence-electron chi connectivity index (χ3n) is 3.14. The number of hydrogen-bond donors (Lipinski definition) is 0. The number of rotatable bonds is 3. The summed E-state index contributed by atoms with van der Waals surface area (Å²) in [6, 6.07) is 13.7. The summed E-state index contributed by atoms with van der Waals surface area (Å²) < 4.78 is 3.45. The standard InChI is InChI=1S/C14H11N7S/c1-20-14(15-9-16-20)22-12-8-7-11-17-18-13(21(11)19-12)10-5-3-2-4-6-10/h2-9H,1H3. The zero-order valence-corrected chi connectivity index (χ0v) is 12.5. The van der Waals surface area contributed by atoms with Crippen LogP contribution in [0.2, 0.25) is 0 Å². The minimum Gasteiger partial charge on any atom is -0.244 e. The average Bonchev–Trinajstić information content (AvgIpc) is 3.15. The molecule has 0 atom stereocenters. The van der Waals surface area contributed by atoms with Crippen LogP contribution in [0.4, 0.5) is 0 Å². The summed E-state index contributed by atoms with van der Waals surface area (Å²) in [5.41, 5.74) is 1.68. The van der Waals surface area contributed by atoms with Gasteiger partial charge in [0.25, 0.3) is 0 Å². The lowest BCUT2D eigenvalue weighted by molar-refractivity contribution is 0.683. The molecule has 3 heterocycles. The van der Waals surface area contributed by atoms with Crippen molar-refractivity contribution in [3.05, 3.63) is 48.8 Å². The van der Waals surface area contributed by atoms with E-state index in [0.717, 1.165) is 21.6 Å². The Balaban J connectivity index is 1.78. The van der Waals surface area contributed by atoms with Crippen LogP contribution < -0.4 is 0 Å². The van der Waals surface area contributed by atoms with Crippen LogP contribution in [0.1, 0.15) is 0 Å². The van der Waals surface area contributed by atoms with Gasteiger partial charge in [0, 0.05) is 12.6 Å². The predicted octanol–water partition coefficient (Wildman–Crippen LogP) is 2.07. The molecule has 8 heteroatoms. The summed E-state index contributed by atoms with van der Waals surface area (Å²) in [4.78, 5) is 4.19. The Kier molecular flexibility index (Phi) is 3.08. The highest BCUT2D eigenvalue weighted by Gasteiger charge is 2.11. The van der Waals surface area contributed by atoms with Crippen molar-refractivity contribution >= 4 is 17.4 Å². The molecule has 0 aliphatic carbocycles. The van der Waals surface area contributed by atoms with E-state index in [9.17, 15) is 0 Å². The number of aromatic nitrogens is 7. The topological polar surface area (TPSA) is 73.8 Å². The molecular formula is C14H11N7S. The van der Waals surface area contributed by atoms with Crippen LogP contribution in [-0.2, 0) is 7.05 Å². The van der Waals surface area contributed by atoms with Crippen molar-refractivity contribution in [2.24, 2.45) is 7.05 Å². The van der Waals surface area contributed by atoms with Crippen LogP contribution in [-0.4, -0.2) is 34.6 Å². The first-order valence-corrected chi connectivity index (χ1v) is 7.42. The first kappa shape index (κ1) is 13.0. The largest absolute Gasteiger partial charge is 0.244 e. The number of benzene rings is 1. The normalized spacial score (nSPS) is 11.1. The molecule has 108 valence electrons. The van der Waals surface area contributed by atoms with E-state index in [1.807, 2.05) is 49.5 Å². The molecule has 0 N–H and O–H groups in total. The maximum absolute atomic E-state index is 4.60. The van der Waals surface area contributed by atoms with Crippen LogP contribution in [0, 0.1) is 0 Å². The molecule has 22 heavy (non-hydrogen) atoms. The Bertz CT molecular complexity index is 929. The second kappa shape index (κ2) is 5.23. The summed E-state index contributed by atoms with van der Waals surface area (Å²) >= 11 is 1.44. The lowest BCUT2D eigenvalue weighted by Crippen LogP contribution is -1.98. The van der Waals surface area contributed by atoms with Crippen LogP contribution in [0.5, 0.6) is 0 Å². The summed E-state index contributed by atoms with van der Waals surface area (Å²) in [6.45, 7) is 0. The summed E-state index contributed by atoms with van der Waals surface area (Å²) in [5, 5.41) is 18.6. The highest BCUT2D eigenvalue weighted by molar-refractivity contribution is 7.99. The van der Waals surface area contributed by atoms with Crippen molar-refractivity contribution in [1.29, 1.82) is 0 Å². The van der Waals surface area contributed by atoms with Gasteiger partial charge in [-0.05, 0) is 23.9 Å². The summed E-state index contributed by atoms with van der Waals surface area (Å²) in [5.74, 6) is 0.719. The first-order valence-electron chi connectivity index (χ1n) is 6.61. The van der Waals surface area contributed by atoms with E-state index in [2.05, 4.69) is 25.4 Å². The summed E-state index contributed by atoms with van der Waals surface area (Å²) in [7, 11) is 1.85. The molecule has 0 saturated carbocycles. The molecule has 4 aromatic rings. The van der Waals surface area contributed by atoms with Crippen molar-refractivity contribution in [3.63, 3.8) is 0 Å². The predicted molar refractivity (Wildman–Crippen MR) is 81.3 cm³/mol. The van der Waals surface area contributed by atoms with E-state index in [1.54, 1.807) is 9.20 Å². The molecular weight excluding hydrogens is 298 g/mol. The molecule has 0 radical (unpaired) electrons. The van der Waals surface area contributed by atoms with Gasteiger partial charge in [-0.2, -0.15) is 14.7 Å². The van der Waals surface area contributed by atoms with Gasteiger partial charge in [0.2, 0.25) is 0 Å². The fraction of sp³-hybridized carbons (Fsp3) is 0.0714. The Morgan fingerprint density at radius 1 is 1.00 bits per heavy atom. The van der Waals surface area contributed by atoms with Gasteiger partial charge in [0.05, 0.1) is 0 Å². The fourth-order valence-electron chi connectivity index (χ4n) is 2.07. The molecule has 4 rings (SSSR count). The van der Waals surface area contributed by atoms with Crippen molar-refractivity contribution < 1.29 is 0 Å². The number of hydrogen-bond acceptors (Lipinski definition) is 6. The van der Waals surface area contributed by atoms with E-state index >= 15 is 0 Å². The molecule has 7 nitrogen and oxygen atoms in total. The Morgan fingerprint density at radius 2 is 1.86 bits per heavy atom. The Hall–Kier alpha value is -2.74. The molecule has 0 amide bonds. The molecule has 0 fully saturated rings.